The highest BCUT2D eigenvalue weighted by Crippen LogP contribution is 2.25. The minimum Gasteiger partial charge on any atom is -0.375 e. The van der Waals surface area contributed by atoms with E-state index < -0.39 is 18.3 Å². The zero-order valence-corrected chi connectivity index (χ0v) is 20.4. The molecule has 0 aliphatic carbocycles. The van der Waals surface area contributed by atoms with Crippen LogP contribution in [0.25, 0.3) is 0 Å². The summed E-state index contributed by atoms with van der Waals surface area (Å²) in [6.07, 6.45) is 4.39. The summed E-state index contributed by atoms with van der Waals surface area (Å²) < 4.78 is 20.2. The predicted molar refractivity (Wildman–Crippen MR) is 127 cm³/mol. The summed E-state index contributed by atoms with van der Waals surface area (Å²) in [5.41, 5.74) is 9.32. The van der Waals surface area contributed by atoms with Gasteiger partial charge in [0.25, 0.3) is 0 Å². The van der Waals surface area contributed by atoms with Gasteiger partial charge in [-0.05, 0) is 45.7 Å². The molecule has 11 heteroatoms. The average Bonchev–Trinajstić information content (AvgIpc) is 3.16. The Morgan fingerprint density at radius 2 is 1.76 bits per heavy atom. The van der Waals surface area contributed by atoms with Gasteiger partial charge in [0.1, 0.15) is 6.17 Å². The zero-order valence-electron chi connectivity index (χ0n) is 20.4. The molecular weight excluding hydrogens is 439 g/mol. The van der Waals surface area contributed by atoms with Crippen molar-refractivity contribution in [2.24, 2.45) is 11.7 Å². The number of hydrogen-bond donors (Lipinski definition) is 5. The SMILES string of the molecule is CN1CCC(OC2CCN(C3CCNCC3NC(=O)C3C(N)NN4CC(F)CNC34)CC2)CC1. The quantitative estimate of drug-likeness (QED) is 0.316. The summed E-state index contributed by atoms with van der Waals surface area (Å²) in [5, 5.41) is 11.6. The van der Waals surface area contributed by atoms with E-state index in [9.17, 15) is 9.18 Å². The van der Waals surface area contributed by atoms with Crippen LogP contribution in [0.15, 0.2) is 0 Å². The van der Waals surface area contributed by atoms with Gasteiger partial charge in [0.05, 0.1) is 36.5 Å². The third kappa shape index (κ3) is 5.57. The molecule has 6 unspecified atom stereocenters. The fourth-order valence-corrected chi connectivity index (χ4v) is 6.42. The standard InChI is InChI=1S/C23H43FN8O2/c1-30-8-3-16(4-9-30)34-17-5-10-31(11-6-17)19-2-7-26-13-18(19)28-23(33)20-21(25)29-32-14-15(24)12-27-22(20)32/h15-22,26-27,29H,2-14,25H2,1H3,(H,28,33). The molecule has 5 saturated heterocycles. The zero-order chi connectivity index (χ0) is 23.7. The van der Waals surface area contributed by atoms with Crippen molar-refractivity contribution in [2.45, 2.75) is 74.9 Å². The van der Waals surface area contributed by atoms with Crippen LogP contribution in [0.5, 0.6) is 0 Å². The molecule has 6 N–H and O–H groups in total. The molecule has 5 rings (SSSR count). The number of carbonyl (C=O) groups excluding carboxylic acids is 1. The first-order valence-electron chi connectivity index (χ1n) is 13.2. The van der Waals surface area contributed by atoms with Gasteiger partial charge < -0.3 is 26.0 Å². The summed E-state index contributed by atoms with van der Waals surface area (Å²) in [5.74, 6) is -0.514. The number of halogens is 1. The van der Waals surface area contributed by atoms with E-state index in [4.69, 9.17) is 10.5 Å². The van der Waals surface area contributed by atoms with E-state index in [1.165, 1.54) is 0 Å². The molecule has 1 amide bonds. The lowest BCUT2D eigenvalue weighted by molar-refractivity contribution is -0.128. The Labute approximate surface area is 202 Å². The molecule has 0 spiro atoms. The van der Waals surface area contributed by atoms with Crippen LogP contribution in [-0.2, 0) is 9.53 Å². The Balaban J connectivity index is 1.13. The number of piperidine rings is 3. The smallest absolute Gasteiger partial charge is 0.229 e. The van der Waals surface area contributed by atoms with Gasteiger partial charge in [-0.25, -0.2) is 14.8 Å². The highest BCUT2D eigenvalue weighted by Gasteiger charge is 2.48. The molecule has 194 valence electrons. The van der Waals surface area contributed by atoms with E-state index in [0.29, 0.717) is 18.2 Å². The Bertz CT molecular complexity index is 688. The molecule has 0 aromatic rings. The maximum Gasteiger partial charge on any atom is 0.229 e. The van der Waals surface area contributed by atoms with E-state index in [1.807, 2.05) is 0 Å². The molecule has 0 saturated carbocycles. The Kier molecular flexibility index (Phi) is 8.01. The summed E-state index contributed by atoms with van der Waals surface area (Å²) in [7, 11) is 2.18. The maximum atomic E-state index is 13.8. The number of nitrogens with two attached hydrogens (primary N) is 1. The van der Waals surface area contributed by atoms with Crippen LogP contribution in [0, 0.1) is 5.92 Å². The molecule has 0 aromatic carbocycles. The number of ether oxygens (including phenoxy) is 1. The third-order valence-corrected chi connectivity index (χ3v) is 8.39. The van der Waals surface area contributed by atoms with Crippen LogP contribution in [0.1, 0.15) is 32.1 Å². The van der Waals surface area contributed by atoms with Gasteiger partial charge in [0.2, 0.25) is 5.91 Å². The molecule has 5 aliphatic rings. The van der Waals surface area contributed by atoms with Crippen molar-refractivity contribution in [1.29, 1.82) is 0 Å². The first-order valence-corrected chi connectivity index (χ1v) is 13.2. The van der Waals surface area contributed by atoms with Crippen molar-refractivity contribution in [3.63, 3.8) is 0 Å². The van der Waals surface area contributed by atoms with Gasteiger partial charge in [-0.3, -0.25) is 15.0 Å². The number of nitrogens with one attached hydrogen (secondary N) is 4. The normalized spacial score (nSPS) is 39.7. The van der Waals surface area contributed by atoms with Crippen LogP contribution in [0.3, 0.4) is 0 Å². The molecule has 10 nitrogen and oxygen atoms in total. The van der Waals surface area contributed by atoms with Crippen molar-refractivity contribution < 1.29 is 13.9 Å². The number of fused-ring (bicyclic) bond motifs is 1. The number of nitrogens with zero attached hydrogens (tertiary/aromatic N) is 3. The summed E-state index contributed by atoms with van der Waals surface area (Å²) in [4.78, 5) is 18.2. The monoisotopic (exact) mass is 482 g/mol. The number of amides is 1. The topological polar surface area (TPSA) is 110 Å². The molecule has 5 aliphatic heterocycles. The van der Waals surface area contributed by atoms with Gasteiger partial charge in [0, 0.05) is 51.9 Å². The molecule has 6 atom stereocenters. The van der Waals surface area contributed by atoms with Gasteiger partial charge in [-0.1, -0.05) is 0 Å². The van der Waals surface area contributed by atoms with E-state index in [1.54, 1.807) is 5.01 Å². The lowest BCUT2D eigenvalue weighted by Gasteiger charge is -2.44. The highest BCUT2D eigenvalue weighted by atomic mass is 19.1. The first kappa shape index (κ1) is 24.8. The van der Waals surface area contributed by atoms with Gasteiger partial charge in [-0.15, -0.1) is 0 Å². The van der Waals surface area contributed by atoms with Crippen molar-refractivity contribution in [3.05, 3.63) is 0 Å². The second-order valence-electron chi connectivity index (χ2n) is 10.8. The van der Waals surface area contributed by atoms with Crippen LogP contribution in [0.2, 0.25) is 0 Å². The minimum atomic E-state index is -0.962. The van der Waals surface area contributed by atoms with E-state index in [2.05, 4.69) is 38.2 Å². The Hall–Kier alpha value is -0.920. The van der Waals surface area contributed by atoms with E-state index in [0.717, 1.165) is 71.4 Å². The third-order valence-electron chi connectivity index (χ3n) is 8.39. The van der Waals surface area contributed by atoms with Crippen LogP contribution in [0.4, 0.5) is 4.39 Å². The number of rotatable bonds is 5. The molecule has 5 fully saturated rings. The minimum absolute atomic E-state index is 0.0337. The van der Waals surface area contributed by atoms with Crippen molar-refractivity contribution in [3.8, 4) is 0 Å². The molecule has 0 bridgehead atoms. The fraction of sp³-hybridized carbons (Fsp3) is 0.957. The van der Waals surface area contributed by atoms with Crippen molar-refractivity contribution in [1.82, 2.24) is 36.2 Å². The second kappa shape index (κ2) is 11.0. The lowest BCUT2D eigenvalue weighted by Crippen LogP contribution is -2.64. The van der Waals surface area contributed by atoms with Crippen LogP contribution >= 0.6 is 0 Å². The van der Waals surface area contributed by atoms with Gasteiger partial charge in [-0.2, -0.15) is 0 Å². The first-order chi connectivity index (χ1) is 16.5. The Morgan fingerprint density at radius 1 is 1.06 bits per heavy atom. The average molecular weight is 483 g/mol. The van der Waals surface area contributed by atoms with E-state index in [-0.39, 0.29) is 31.2 Å². The molecule has 5 heterocycles. The largest absolute Gasteiger partial charge is 0.375 e. The number of carbonyl (C=O) groups is 1. The van der Waals surface area contributed by atoms with Crippen molar-refractivity contribution in [2.75, 3.05) is 59.4 Å². The lowest BCUT2D eigenvalue weighted by atomic mass is 9.94. The van der Waals surface area contributed by atoms with Crippen LogP contribution < -0.4 is 27.1 Å². The number of likely N-dealkylation sites (tertiary alicyclic amines) is 2. The van der Waals surface area contributed by atoms with E-state index >= 15 is 0 Å². The van der Waals surface area contributed by atoms with Crippen molar-refractivity contribution >= 4 is 5.91 Å². The molecular formula is C23H43FN8O2. The molecule has 0 radical (unpaired) electrons. The molecule has 0 aromatic heterocycles. The van der Waals surface area contributed by atoms with Crippen LogP contribution in [-0.4, -0.2) is 123 Å². The number of alkyl halides is 1. The fourth-order valence-electron chi connectivity index (χ4n) is 6.42. The van der Waals surface area contributed by atoms with Gasteiger partial charge >= 0.3 is 0 Å². The highest BCUT2D eigenvalue weighted by molar-refractivity contribution is 5.81. The summed E-state index contributed by atoms with van der Waals surface area (Å²) in [6, 6.07) is 0.345. The summed E-state index contributed by atoms with van der Waals surface area (Å²) in [6.45, 7) is 6.49. The predicted octanol–water partition coefficient (Wildman–Crippen LogP) is -1.60. The second-order valence-corrected chi connectivity index (χ2v) is 10.8. The number of hydrazine groups is 1. The number of hydrogen-bond acceptors (Lipinski definition) is 9. The maximum absolute atomic E-state index is 13.8. The molecule has 34 heavy (non-hydrogen) atoms. The summed E-state index contributed by atoms with van der Waals surface area (Å²) >= 11 is 0. The Morgan fingerprint density at radius 3 is 2.50 bits per heavy atom. The van der Waals surface area contributed by atoms with Gasteiger partial charge in [0.15, 0.2) is 0 Å².